The molecule has 0 bridgehead atoms. The van der Waals surface area contributed by atoms with Crippen LogP contribution in [0.3, 0.4) is 0 Å². The minimum absolute atomic E-state index is 0.00289. The Morgan fingerprint density at radius 2 is 2.04 bits per heavy atom. The van der Waals surface area contributed by atoms with Gasteiger partial charge in [0.1, 0.15) is 0 Å². The van der Waals surface area contributed by atoms with Gasteiger partial charge in [-0.2, -0.15) is 0 Å². The molecule has 27 heavy (non-hydrogen) atoms. The van der Waals surface area contributed by atoms with Gasteiger partial charge in [0.15, 0.2) is 23.9 Å². The van der Waals surface area contributed by atoms with Crippen molar-refractivity contribution in [2.75, 3.05) is 19.9 Å². The van der Waals surface area contributed by atoms with Gasteiger partial charge in [0.25, 0.3) is 5.91 Å². The van der Waals surface area contributed by atoms with Crippen LogP contribution >= 0.6 is 11.6 Å². The van der Waals surface area contributed by atoms with E-state index in [1.807, 2.05) is 19.1 Å². The number of fused-ring (bicyclic) bond motifs is 1. The summed E-state index contributed by atoms with van der Waals surface area (Å²) in [5.74, 6) is 1.02. The maximum Gasteiger partial charge on any atom is 0.312 e. The second kappa shape index (κ2) is 8.13. The van der Waals surface area contributed by atoms with Gasteiger partial charge < -0.3 is 19.1 Å². The third kappa shape index (κ3) is 4.40. The van der Waals surface area contributed by atoms with Crippen LogP contribution < -0.4 is 14.2 Å². The second-order valence-corrected chi connectivity index (χ2v) is 6.19. The number of carbonyl (C=O) groups is 1. The van der Waals surface area contributed by atoms with Gasteiger partial charge in [-0.05, 0) is 36.8 Å². The first-order valence-electron chi connectivity index (χ1n) is 8.21. The lowest BCUT2D eigenvalue weighted by atomic mass is 10.2. The lowest BCUT2D eigenvalue weighted by molar-refractivity contribution is -0.385. The van der Waals surface area contributed by atoms with Crippen molar-refractivity contribution in [1.29, 1.82) is 0 Å². The van der Waals surface area contributed by atoms with E-state index in [-0.39, 0.29) is 35.8 Å². The van der Waals surface area contributed by atoms with Crippen molar-refractivity contribution in [3.05, 3.63) is 57.1 Å². The zero-order chi connectivity index (χ0) is 19.4. The van der Waals surface area contributed by atoms with Crippen LogP contribution in [-0.2, 0) is 11.3 Å². The summed E-state index contributed by atoms with van der Waals surface area (Å²) < 4.78 is 16.0. The van der Waals surface area contributed by atoms with Gasteiger partial charge in [-0.1, -0.05) is 17.7 Å². The van der Waals surface area contributed by atoms with Crippen molar-refractivity contribution in [2.24, 2.45) is 0 Å². The topological polar surface area (TPSA) is 91.1 Å². The molecule has 0 aliphatic carbocycles. The summed E-state index contributed by atoms with van der Waals surface area (Å²) in [4.78, 5) is 24.6. The molecule has 0 fully saturated rings. The van der Waals surface area contributed by atoms with Gasteiger partial charge in [0.2, 0.25) is 6.79 Å². The summed E-state index contributed by atoms with van der Waals surface area (Å²) >= 11 is 5.77. The van der Waals surface area contributed by atoms with Crippen LogP contribution in [0.4, 0.5) is 5.69 Å². The largest absolute Gasteiger partial charge is 0.477 e. The Hall–Kier alpha value is -3.00. The number of ether oxygens (including phenoxy) is 3. The van der Waals surface area contributed by atoms with Gasteiger partial charge in [-0.3, -0.25) is 14.9 Å². The zero-order valence-electron chi connectivity index (χ0n) is 14.5. The molecule has 142 valence electrons. The van der Waals surface area contributed by atoms with Crippen LogP contribution in [0.5, 0.6) is 17.2 Å². The monoisotopic (exact) mass is 392 g/mol. The third-order valence-corrected chi connectivity index (χ3v) is 4.25. The molecule has 9 heteroatoms. The number of rotatable bonds is 7. The minimum atomic E-state index is -0.601. The van der Waals surface area contributed by atoms with E-state index in [0.29, 0.717) is 24.6 Å². The molecule has 3 rings (SSSR count). The van der Waals surface area contributed by atoms with Gasteiger partial charge in [0.05, 0.1) is 4.92 Å². The van der Waals surface area contributed by atoms with E-state index < -0.39 is 4.92 Å². The summed E-state index contributed by atoms with van der Waals surface area (Å²) in [5, 5.41) is 11.3. The lowest BCUT2D eigenvalue weighted by Crippen LogP contribution is -2.34. The Morgan fingerprint density at radius 1 is 1.26 bits per heavy atom. The van der Waals surface area contributed by atoms with Crippen LogP contribution in [0.2, 0.25) is 5.02 Å². The number of hydrogen-bond acceptors (Lipinski definition) is 6. The fourth-order valence-corrected chi connectivity index (χ4v) is 2.79. The number of hydrogen-bond donors (Lipinski definition) is 0. The number of benzene rings is 2. The summed E-state index contributed by atoms with van der Waals surface area (Å²) in [5.41, 5.74) is 0.598. The van der Waals surface area contributed by atoms with Crippen LogP contribution in [0.1, 0.15) is 12.5 Å². The molecule has 0 atom stereocenters. The summed E-state index contributed by atoms with van der Waals surface area (Å²) in [6.45, 7) is 2.52. The predicted octanol–water partition coefficient (Wildman–Crippen LogP) is 3.40. The summed E-state index contributed by atoms with van der Waals surface area (Å²) in [6.07, 6.45) is 0. The highest BCUT2D eigenvalue weighted by atomic mass is 35.5. The molecule has 8 nitrogen and oxygen atoms in total. The smallest absolute Gasteiger partial charge is 0.312 e. The third-order valence-electron chi connectivity index (χ3n) is 4.01. The normalized spacial score (nSPS) is 11.9. The first-order valence-corrected chi connectivity index (χ1v) is 8.58. The molecule has 1 heterocycles. The molecule has 2 aromatic carbocycles. The van der Waals surface area contributed by atoms with E-state index >= 15 is 0 Å². The standard InChI is InChI=1S/C18H17ClN2O6/c1-2-20(9-12-3-5-16-17(7-12)27-11-26-16)18(22)10-25-15-6-4-13(19)8-14(15)21(23)24/h3-8H,2,9-11H2,1H3. The molecule has 0 saturated carbocycles. The number of amides is 1. The molecular formula is C18H17ClN2O6. The molecule has 0 spiro atoms. The molecular weight excluding hydrogens is 376 g/mol. The second-order valence-electron chi connectivity index (χ2n) is 5.75. The zero-order valence-corrected chi connectivity index (χ0v) is 15.3. The van der Waals surface area contributed by atoms with E-state index in [1.165, 1.54) is 18.2 Å². The summed E-state index contributed by atoms with van der Waals surface area (Å²) in [6, 6.07) is 9.51. The first-order chi connectivity index (χ1) is 13.0. The maximum atomic E-state index is 12.5. The highest BCUT2D eigenvalue weighted by Gasteiger charge is 2.20. The van der Waals surface area contributed by atoms with Crippen molar-refractivity contribution in [3.63, 3.8) is 0 Å². The predicted molar refractivity (Wildman–Crippen MR) is 97.3 cm³/mol. The number of likely N-dealkylation sites (N-methyl/N-ethyl adjacent to an activating group) is 1. The van der Waals surface area contributed by atoms with Crippen molar-refractivity contribution in [1.82, 2.24) is 4.90 Å². The van der Waals surface area contributed by atoms with E-state index in [2.05, 4.69) is 0 Å². The Kier molecular flexibility index (Phi) is 5.66. The molecule has 0 unspecified atom stereocenters. The van der Waals surface area contributed by atoms with E-state index in [1.54, 1.807) is 11.0 Å². The van der Waals surface area contributed by atoms with Crippen molar-refractivity contribution < 1.29 is 23.9 Å². The number of nitro groups is 1. The van der Waals surface area contributed by atoms with Crippen LogP contribution in [-0.4, -0.2) is 35.7 Å². The van der Waals surface area contributed by atoms with Gasteiger partial charge in [-0.25, -0.2) is 0 Å². The number of carbonyl (C=O) groups excluding carboxylic acids is 1. The molecule has 1 aliphatic heterocycles. The minimum Gasteiger partial charge on any atom is -0.477 e. The SMILES string of the molecule is CCN(Cc1ccc2c(c1)OCO2)C(=O)COc1ccc(Cl)cc1[N+](=O)[O-]. The Morgan fingerprint density at radius 3 is 2.78 bits per heavy atom. The lowest BCUT2D eigenvalue weighted by Gasteiger charge is -2.21. The molecule has 1 amide bonds. The molecule has 0 radical (unpaired) electrons. The number of nitrogens with zero attached hydrogens (tertiary/aromatic N) is 2. The first kappa shape index (κ1) is 18.8. The van der Waals surface area contributed by atoms with Gasteiger partial charge in [-0.15, -0.1) is 0 Å². The average molecular weight is 393 g/mol. The Labute approximate surface area is 160 Å². The van der Waals surface area contributed by atoms with Crippen LogP contribution in [0, 0.1) is 10.1 Å². The molecule has 2 aromatic rings. The van der Waals surface area contributed by atoms with Crippen molar-refractivity contribution in [2.45, 2.75) is 13.5 Å². The molecule has 0 saturated heterocycles. The van der Waals surface area contributed by atoms with E-state index in [4.69, 9.17) is 25.8 Å². The van der Waals surface area contributed by atoms with Crippen molar-refractivity contribution >= 4 is 23.2 Å². The average Bonchev–Trinajstić information content (AvgIpc) is 3.12. The maximum absolute atomic E-state index is 12.5. The summed E-state index contributed by atoms with van der Waals surface area (Å²) in [7, 11) is 0. The van der Waals surface area contributed by atoms with E-state index in [9.17, 15) is 14.9 Å². The fourth-order valence-electron chi connectivity index (χ4n) is 2.62. The Bertz CT molecular complexity index is 873. The molecule has 1 aliphatic rings. The van der Waals surface area contributed by atoms with Gasteiger partial charge >= 0.3 is 5.69 Å². The highest BCUT2D eigenvalue weighted by molar-refractivity contribution is 6.30. The Balaban J connectivity index is 1.65. The van der Waals surface area contributed by atoms with Gasteiger partial charge in [0, 0.05) is 24.2 Å². The van der Waals surface area contributed by atoms with Crippen LogP contribution in [0.15, 0.2) is 36.4 Å². The number of halogens is 1. The quantitative estimate of drug-likeness (QED) is 0.529. The van der Waals surface area contributed by atoms with E-state index in [0.717, 1.165) is 5.56 Å². The number of nitro benzene ring substituents is 1. The molecule has 0 aromatic heterocycles. The fraction of sp³-hybridized carbons (Fsp3) is 0.278. The molecule has 0 N–H and O–H groups in total. The van der Waals surface area contributed by atoms with Crippen LogP contribution in [0.25, 0.3) is 0 Å². The highest BCUT2D eigenvalue weighted by Crippen LogP contribution is 2.33. The van der Waals surface area contributed by atoms with Crippen molar-refractivity contribution in [3.8, 4) is 17.2 Å².